The standard InChI is InChI=1S/C11H15BrFNO/c1-2-5-11(15,7-14)9-6-8(12)3-4-10(9)13/h3-4,6,15H,2,5,7,14H2,1H3. The van der Waals surface area contributed by atoms with Gasteiger partial charge in [-0.25, -0.2) is 4.39 Å². The summed E-state index contributed by atoms with van der Waals surface area (Å²) in [5, 5.41) is 10.2. The number of aliphatic hydroxyl groups is 1. The van der Waals surface area contributed by atoms with Gasteiger partial charge in [0.2, 0.25) is 0 Å². The molecule has 4 heteroatoms. The fourth-order valence-electron chi connectivity index (χ4n) is 1.61. The predicted molar refractivity (Wildman–Crippen MR) is 62.0 cm³/mol. The molecule has 84 valence electrons. The number of hydrogen-bond donors (Lipinski definition) is 2. The summed E-state index contributed by atoms with van der Waals surface area (Å²) in [4.78, 5) is 0. The molecular weight excluding hydrogens is 261 g/mol. The zero-order valence-electron chi connectivity index (χ0n) is 8.63. The smallest absolute Gasteiger partial charge is 0.129 e. The van der Waals surface area contributed by atoms with Crippen LogP contribution in [0.1, 0.15) is 25.3 Å². The van der Waals surface area contributed by atoms with E-state index in [2.05, 4.69) is 15.9 Å². The van der Waals surface area contributed by atoms with Gasteiger partial charge in [-0.15, -0.1) is 0 Å². The molecule has 0 aliphatic heterocycles. The Kier molecular flexibility index (Phi) is 4.25. The number of benzene rings is 1. The van der Waals surface area contributed by atoms with Gasteiger partial charge in [0.15, 0.2) is 0 Å². The van der Waals surface area contributed by atoms with Gasteiger partial charge in [-0.1, -0.05) is 29.3 Å². The van der Waals surface area contributed by atoms with Crippen molar-refractivity contribution in [3.63, 3.8) is 0 Å². The minimum absolute atomic E-state index is 0.0220. The van der Waals surface area contributed by atoms with Gasteiger partial charge in [0, 0.05) is 16.6 Å². The van der Waals surface area contributed by atoms with Gasteiger partial charge in [0.05, 0.1) is 0 Å². The van der Waals surface area contributed by atoms with E-state index in [1.54, 1.807) is 12.1 Å². The molecule has 0 aliphatic carbocycles. The van der Waals surface area contributed by atoms with Crippen molar-refractivity contribution in [2.24, 2.45) is 5.73 Å². The summed E-state index contributed by atoms with van der Waals surface area (Å²) >= 11 is 3.25. The van der Waals surface area contributed by atoms with E-state index in [9.17, 15) is 9.50 Å². The minimum Gasteiger partial charge on any atom is -0.384 e. The average molecular weight is 276 g/mol. The quantitative estimate of drug-likeness (QED) is 0.887. The normalized spacial score (nSPS) is 15.0. The molecule has 1 rings (SSSR count). The molecule has 0 fully saturated rings. The average Bonchev–Trinajstić information content (AvgIpc) is 2.22. The van der Waals surface area contributed by atoms with Crippen LogP contribution in [0.25, 0.3) is 0 Å². The second-order valence-electron chi connectivity index (χ2n) is 3.61. The van der Waals surface area contributed by atoms with E-state index in [-0.39, 0.29) is 12.1 Å². The van der Waals surface area contributed by atoms with Crippen LogP contribution in [-0.4, -0.2) is 11.7 Å². The lowest BCUT2D eigenvalue weighted by atomic mass is 9.89. The van der Waals surface area contributed by atoms with Crippen molar-refractivity contribution in [1.82, 2.24) is 0 Å². The van der Waals surface area contributed by atoms with Gasteiger partial charge in [-0.3, -0.25) is 0 Å². The van der Waals surface area contributed by atoms with Crippen molar-refractivity contribution >= 4 is 15.9 Å². The van der Waals surface area contributed by atoms with Gasteiger partial charge in [-0.2, -0.15) is 0 Å². The van der Waals surface area contributed by atoms with Crippen molar-refractivity contribution in [2.45, 2.75) is 25.4 Å². The largest absolute Gasteiger partial charge is 0.384 e. The number of halogens is 2. The summed E-state index contributed by atoms with van der Waals surface area (Å²) in [5.41, 5.74) is 4.52. The molecule has 0 aliphatic rings. The molecule has 0 radical (unpaired) electrons. The molecule has 0 heterocycles. The van der Waals surface area contributed by atoms with E-state index in [1.165, 1.54) is 6.07 Å². The monoisotopic (exact) mass is 275 g/mol. The van der Waals surface area contributed by atoms with Gasteiger partial charge in [0.25, 0.3) is 0 Å². The third kappa shape index (κ3) is 2.77. The van der Waals surface area contributed by atoms with Crippen molar-refractivity contribution in [3.8, 4) is 0 Å². The first-order chi connectivity index (χ1) is 7.03. The first-order valence-corrected chi connectivity index (χ1v) is 5.71. The van der Waals surface area contributed by atoms with E-state index in [1.807, 2.05) is 6.92 Å². The molecule has 15 heavy (non-hydrogen) atoms. The van der Waals surface area contributed by atoms with E-state index < -0.39 is 11.4 Å². The van der Waals surface area contributed by atoms with Crippen LogP contribution in [0.2, 0.25) is 0 Å². The molecule has 1 atom stereocenters. The summed E-state index contributed by atoms with van der Waals surface area (Å²) in [6.07, 6.45) is 1.20. The minimum atomic E-state index is -1.26. The molecule has 3 N–H and O–H groups in total. The molecular formula is C11H15BrFNO. The third-order valence-electron chi connectivity index (χ3n) is 2.43. The highest BCUT2D eigenvalue weighted by atomic mass is 79.9. The SMILES string of the molecule is CCCC(O)(CN)c1cc(Br)ccc1F. The predicted octanol–water partition coefficient (Wildman–Crippen LogP) is 2.53. The fourth-order valence-corrected chi connectivity index (χ4v) is 1.98. The lowest BCUT2D eigenvalue weighted by molar-refractivity contribution is 0.0323. The Labute approximate surface area is 97.4 Å². The van der Waals surface area contributed by atoms with Crippen molar-refractivity contribution in [1.29, 1.82) is 0 Å². The molecule has 0 spiro atoms. The first kappa shape index (κ1) is 12.6. The van der Waals surface area contributed by atoms with Crippen molar-refractivity contribution in [3.05, 3.63) is 34.1 Å². The molecule has 0 saturated heterocycles. The first-order valence-electron chi connectivity index (χ1n) is 4.91. The van der Waals surface area contributed by atoms with E-state index in [0.29, 0.717) is 6.42 Å². The molecule has 1 aromatic carbocycles. The third-order valence-corrected chi connectivity index (χ3v) is 2.92. The highest BCUT2D eigenvalue weighted by Crippen LogP contribution is 2.29. The molecule has 0 saturated carbocycles. The number of nitrogens with two attached hydrogens (primary N) is 1. The summed E-state index contributed by atoms with van der Waals surface area (Å²) in [7, 11) is 0. The zero-order chi connectivity index (χ0) is 11.5. The maximum absolute atomic E-state index is 13.5. The topological polar surface area (TPSA) is 46.2 Å². The Morgan fingerprint density at radius 1 is 1.53 bits per heavy atom. The van der Waals surface area contributed by atoms with Crippen LogP contribution < -0.4 is 5.73 Å². The lowest BCUT2D eigenvalue weighted by Crippen LogP contribution is -2.35. The van der Waals surface area contributed by atoms with Crippen LogP contribution in [0.4, 0.5) is 4.39 Å². The molecule has 2 nitrogen and oxygen atoms in total. The van der Waals surface area contributed by atoms with E-state index >= 15 is 0 Å². The maximum atomic E-state index is 13.5. The maximum Gasteiger partial charge on any atom is 0.129 e. The highest BCUT2D eigenvalue weighted by molar-refractivity contribution is 9.10. The fraction of sp³-hybridized carbons (Fsp3) is 0.455. The number of rotatable bonds is 4. The van der Waals surface area contributed by atoms with Gasteiger partial charge < -0.3 is 10.8 Å². The Hall–Kier alpha value is -0.450. The van der Waals surface area contributed by atoms with Crippen molar-refractivity contribution < 1.29 is 9.50 Å². The van der Waals surface area contributed by atoms with Gasteiger partial charge in [-0.05, 0) is 24.6 Å². The lowest BCUT2D eigenvalue weighted by Gasteiger charge is -2.27. The molecule has 0 amide bonds. The Morgan fingerprint density at radius 2 is 2.20 bits per heavy atom. The summed E-state index contributed by atoms with van der Waals surface area (Å²) < 4.78 is 14.3. The van der Waals surface area contributed by atoms with Crippen LogP contribution in [0.5, 0.6) is 0 Å². The Bertz CT molecular complexity index is 345. The Balaban J connectivity index is 3.16. The molecule has 1 unspecified atom stereocenters. The van der Waals surface area contributed by atoms with Crippen LogP contribution in [0.15, 0.2) is 22.7 Å². The van der Waals surface area contributed by atoms with Crippen LogP contribution in [0, 0.1) is 5.82 Å². The Morgan fingerprint density at radius 3 is 2.73 bits per heavy atom. The summed E-state index contributed by atoms with van der Waals surface area (Å²) in [5.74, 6) is -0.417. The van der Waals surface area contributed by atoms with Gasteiger partial charge in [0.1, 0.15) is 11.4 Å². The van der Waals surface area contributed by atoms with Gasteiger partial charge >= 0.3 is 0 Å². The van der Waals surface area contributed by atoms with Crippen LogP contribution in [-0.2, 0) is 5.60 Å². The van der Waals surface area contributed by atoms with E-state index in [4.69, 9.17) is 5.73 Å². The molecule has 0 aromatic heterocycles. The van der Waals surface area contributed by atoms with E-state index in [0.717, 1.165) is 10.9 Å². The molecule has 0 bridgehead atoms. The van der Waals surface area contributed by atoms with Crippen LogP contribution in [0.3, 0.4) is 0 Å². The number of hydrogen-bond acceptors (Lipinski definition) is 2. The van der Waals surface area contributed by atoms with Crippen LogP contribution >= 0.6 is 15.9 Å². The summed E-state index contributed by atoms with van der Waals surface area (Å²) in [6, 6.07) is 4.51. The second kappa shape index (κ2) is 5.05. The highest BCUT2D eigenvalue weighted by Gasteiger charge is 2.29. The van der Waals surface area contributed by atoms with Crippen molar-refractivity contribution in [2.75, 3.05) is 6.54 Å². The summed E-state index contributed by atoms with van der Waals surface area (Å²) in [6.45, 7) is 1.95. The zero-order valence-corrected chi connectivity index (χ0v) is 10.2. The second-order valence-corrected chi connectivity index (χ2v) is 4.53. The molecule has 1 aromatic rings.